The fourth-order valence-corrected chi connectivity index (χ4v) is 1.80. The predicted molar refractivity (Wildman–Crippen MR) is 66.9 cm³/mol. The molecule has 0 spiro atoms. The maximum absolute atomic E-state index is 9.07. The van der Waals surface area contributed by atoms with Gasteiger partial charge in [-0.15, -0.1) is 0 Å². The molecule has 0 amide bonds. The molecule has 0 saturated carbocycles. The SMILES string of the molecule is C=CC(C)Oc1c(Br)cc(CO)cc1OC. The Morgan fingerprint density at radius 1 is 1.56 bits per heavy atom. The van der Waals surface area contributed by atoms with E-state index in [0.717, 1.165) is 10.0 Å². The van der Waals surface area contributed by atoms with Crippen LogP contribution in [0, 0.1) is 0 Å². The van der Waals surface area contributed by atoms with Crippen LogP contribution in [0.4, 0.5) is 0 Å². The molecule has 0 aliphatic rings. The standard InChI is InChI=1S/C12H15BrO3/c1-4-8(2)16-12-10(13)5-9(7-14)6-11(12)15-3/h4-6,8,14H,1,7H2,2-3H3. The molecule has 3 nitrogen and oxygen atoms in total. The van der Waals surface area contributed by atoms with Crippen LogP contribution in [0.3, 0.4) is 0 Å². The first-order valence-corrected chi connectivity index (χ1v) is 5.68. The van der Waals surface area contributed by atoms with Crippen LogP contribution in [0.15, 0.2) is 29.3 Å². The Labute approximate surface area is 104 Å². The number of rotatable bonds is 5. The van der Waals surface area contributed by atoms with Gasteiger partial charge in [0.2, 0.25) is 0 Å². The Kier molecular flexibility index (Phi) is 4.83. The average Bonchev–Trinajstić information content (AvgIpc) is 2.30. The van der Waals surface area contributed by atoms with E-state index in [9.17, 15) is 0 Å². The lowest BCUT2D eigenvalue weighted by Crippen LogP contribution is -2.09. The Morgan fingerprint density at radius 2 is 2.25 bits per heavy atom. The van der Waals surface area contributed by atoms with Crippen LogP contribution in [-0.4, -0.2) is 18.3 Å². The van der Waals surface area contributed by atoms with Gasteiger partial charge in [-0.05, 0) is 40.5 Å². The molecule has 0 saturated heterocycles. The number of hydrogen-bond acceptors (Lipinski definition) is 3. The molecule has 88 valence electrons. The number of methoxy groups -OCH3 is 1. The minimum atomic E-state index is -0.106. The Morgan fingerprint density at radius 3 is 2.75 bits per heavy atom. The van der Waals surface area contributed by atoms with Crippen molar-refractivity contribution < 1.29 is 14.6 Å². The molecule has 0 fully saturated rings. The summed E-state index contributed by atoms with van der Waals surface area (Å²) in [5, 5.41) is 9.07. The lowest BCUT2D eigenvalue weighted by Gasteiger charge is -2.16. The van der Waals surface area contributed by atoms with Crippen LogP contribution < -0.4 is 9.47 Å². The number of hydrogen-bond donors (Lipinski definition) is 1. The molecule has 0 bridgehead atoms. The molecule has 0 radical (unpaired) electrons. The highest BCUT2D eigenvalue weighted by molar-refractivity contribution is 9.10. The van der Waals surface area contributed by atoms with Gasteiger partial charge in [0, 0.05) is 0 Å². The Bertz CT molecular complexity index is 377. The number of halogens is 1. The average molecular weight is 287 g/mol. The second-order valence-corrected chi connectivity index (χ2v) is 4.18. The molecule has 1 N–H and O–H groups in total. The lowest BCUT2D eigenvalue weighted by atomic mass is 10.2. The largest absolute Gasteiger partial charge is 0.493 e. The summed E-state index contributed by atoms with van der Waals surface area (Å²) in [6.45, 7) is 5.51. The summed E-state index contributed by atoms with van der Waals surface area (Å²) in [5.41, 5.74) is 0.766. The van der Waals surface area contributed by atoms with Gasteiger partial charge in [0.15, 0.2) is 11.5 Å². The van der Waals surface area contributed by atoms with E-state index < -0.39 is 0 Å². The molecule has 0 aliphatic heterocycles. The molecule has 1 rings (SSSR count). The quantitative estimate of drug-likeness (QED) is 0.846. The number of aliphatic hydroxyl groups is 1. The van der Waals surface area contributed by atoms with E-state index >= 15 is 0 Å². The zero-order valence-corrected chi connectivity index (χ0v) is 11.0. The van der Waals surface area contributed by atoms with Gasteiger partial charge in [0.25, 0.3) is 0 Å². The van der Waals surface area contributed by atoms with Crippen LogP contribution in [0.1, 0.15) is 12.5 Å². The van der Waals surface area contributed by atoms with Crippen LogP contribution in [0.25, 0.3) is 0 Å². The minimum Gasteiger partial charge on any atom is -0.493 e. The van der Waals surface area contributed by atoms with Gasteiger partial charge in [0.1, 0.15) is 6.10 Å². The maximum Gasteiger partial charge on any atom is 0.176 e. The van der Waals surface area contributed by atoms with Crippen molar-refractivity contribution in [2.24, 2.45) is 0 Å². The Hall–Kier alpha value is -1.00. The fourth-order valence-electron chi connectivity index (χ4n) is 1.21. The summed E-state index contributed by atoms with van der Waals surface area (Å²) in [5.74, 6) is 1.21. The van der Waals surface area contributed by atoms with Crippen molar-refractivity contribution in [3.8, 4) is 11.5 Å². The molecule has 0 heterocycles. The summed E-state index contributed by atoms with van der Waals surface area (Å²) in [6.07, 6.45) is 1.59. The molecule has 1 unspecified atom stereocenters. The first-order chi connectivity index (χ1) is 7.62. The highest BCUT2D eigenvalue weighted by Gasteiger charge is 2.13. The second kappa shape index (κ2) is 5.92. The molecule has 1 atom stereocenters. The third-order valence-electron chi connectivity index (χ3n) is 2.11. The smallest absolute Gasteiger partial charge is 0.176 e. The number of ether oxygens (including phenoxy) is 2. The highest BCUT2D eigenvalue weighted by atomic mass is 79.9. The van der Waals surface area contributed by atoms with Gasteiger partial charge in [-0.2, -0.15) is 0 Å². The Balaban J connectivity index is 3.10. The van der Waals surface area contributed by atoms with Crippen LogP contribution in [-0.2, 0) is 6.61 Å². The molecule has 4 heteroatoms. The van der Waals surface area contributed by atoms with E-state index in [1.54, 1.807) is 25.3 Å². The van der Waals surface area contributed by atoms with Crippen LogP contribution in [0.5, 0.6) is 11.5 Å². The third-order valence-corrected chi connectivity index (χ3v) is 2.70. The summed E-state index contributed by atoms with van der Waals surface area (Å²) >= 11 is 3.39. The third kappa shape index (κ3) is 3.00. The molecule has 0 aliphatic carbocycles. The summed E-state index contributed by atoms with van der Waals surface area (Å²) in [4.78, 5) is 0. The zero-order valence-electron chi connectivity index (χ0n) is 9.37. The van der Waals surface area contributed by atoms with Crippen molar-refractivity contribution in [3.63, 3.8) is 0 Å². The fraction of sp³-hybridized carbons (Fsp3) is 0.333. The molecular formula is C12H15BrO3. The number of aliphatic hydroxyl groups excluding tert-OH is 1. The van der Waals surface area contributed by atoms with Crippen molar-refractivity contribution in [1.82, 2.24) is 0 Å². The topological polar surface area (TPSA) is 38.7 Å². The van der Waals surface area contributed by atoms with E-state index in [1.807, 2.05) is 6.92 Å². The highest BCUT2D eigenvalue weighted by Crippen LogP contribution is 2.37. The molecule has 0 aromatic heterocycles. The van der Waals surface area contributed by atoms with Gasteiger partial charge >= 0.3 is 0 Å². The van der Waals surface area contributed by atoms with E-state index in [1.165, 1.54) is 0 Å². The lowest BCUT2D eigenvalue weighted by molar-refractivity contribution is 0.251. The summed E-state index contributed by atoms with van der Waals surface area (Å²) < 4.78 is 11.6. The van der Waals surface area contributed by atoms with Crippen LogP contribution in [0.2, 0.25) is 0 Å². The zero-order chi connectivity index (χ0) is 12.1. The summed E-state index contributed by atoms with van der Waals surface area (Å²) in [6, 6.07) is 3.55. The van der Waals surface area contributed by atoms with E-state index in [2.05, 4.69) is 22.5 Å². The van der Waals surface area contributed by atoms with Crippen molar-refractivity contribution in [2.75, 3.05) is 7.11 Å². The molecular weight excluding hydrogens is 272 g/mol. The van der Waals surface area contributed by atoms with Crippen molar-refractivity contribution in [2.45, 2.75) is 19.6 Å². The first kappa shape index (κ1) is 13.1. The van der Waals surface area contributed by atoms with Gasteiger partial charge in [-0.25, -0.2) is 0 Å². The van der Waals surface area contributed by atoms with E-state index in [0.29, 0.717) is 11.5 Å². The normalized spacial score (nSPS) is 12.0. The first-order valence-electron chi connectivity index (χ1n) is 4.88. The van der Waals surface area contributed by atoms with E-state index in [4.69, 9.17) is 14.6 Å². The summed E-state index contributed by atoms with van der Waals surface area (Å²) in [7, 11) is 1.56. The minimum absolute atomic E-state index is 0.0355. The maximum atomic E-state index is 9.07. The molecule has 1 aromatic rings. The second-order valence-electron chi connectivity index (χ2n) is 3.33. The molecule has 16 heavy (non-hydrogen) atoms. The van der Waals surface area contributed by atoms with Gasteiger partial charge in [-0.1, -0.05) is 12.7 Å². The number of benzene rings is 1. The van der Waals surface area contributed by atoms with Gasteiger partial charge in [-0.3, -0.25) is 0 Å². The van der Waals surface area contributed by atoms with Crippen molar-refractivity contribution in [3.05, 3.63) is 34.8 Å². The van der Waals surface area contributed by atoms with Crippen molar-refractivity contribution in [1.29, 1.82) is 0 Å². The van der Waals surface area contributed by atoms with E-state index in [-0.39, 0.29) is 12.7 Å². The molecule has 1 aromatic carbocycles. The monoisotopic (exact) mass is 286 g/mol. The van der Waals surface area contributed by atoms with Crippen LogP contribution >= 0.6 is 15.9 Å². The van der Waals surface area contributed by atoms with Gasteiger partial charge < -0.3 is 14.6 Å². The predicted octanol–water partition coefficient (Wildman–Crippen LogP) is 2.90. The van der Waals surface area contributed by atoms with Crippen molar-refractivity contribution >= 4 is 15.9 Å². The van der Waals surface area contributed by atoms with Gasteiger partial charge in [0.05, 0.1) is 18.2 Å².